The predicted molar refractivity (Wildman–Crippen MR) is 106 cm³/mol. The molecule has 0 heterocycles. The van der Waals surface area contributed by atoms with E-state index in [2.05, 4.69) is 27.6 Å². The van der Waals surface area contributed by atoms with Gasteiger partial charge >= 0.3 is 0 Å². The van der Waals surface area contributed by atoms with E-state index in [-0.39, 0.29) is 0 Å². The normalized spacial score (nSPS) is 11.8. The zero-order valence-corrected chi connectivity index (χ0v) is 15.8. The van der Waals surface area contributed by atoms with Gasteiger partial charge in [-0.2, -0.15) is 0 Å². The Labute approximate surface area is 150 Å². The molecular weight excluding hydrogens is 334 g/mol. The van der Waals surface area contributed by atoms with Crippen molar-refractivity contribution in [1.29, 1.82) is 0 Å². The van der Waals surface area contributed by atoms with Crippen molar-refractivity contribution in [2.75, 3.05) is 30.8 Å². The van der Waals surface area contributed by atoms with E-state index in [1.807, 2.05) is 55.6 Å². The Morgan fingerprint density at radius 2 is 1.88 bits per heavy atom. The van der Waals surface area contributed by atoms with Gasteiger partial charge in [0, 0.05) is 31.5 Å². The Kier molecular flexibility index (Phi) is 6.73. The third-order valence-corrected chi connectivity index (χ3v) is 4.55. The highest BCUT2D eigenvalue weighted by Crippen LogP contribution is 2.24. The van der Waals surface area contributed by atoms with E-state index in [1.54, 1.807) is 0 Å². The zero-order chi connectivity index (χ0) is 18.3. The Balaban J connectivity index is 2.07. The van der Waals surface area contributed by atoms with Crippen LogP contribution < -0.4 is 9.62 Å². The third kappa shape index (κ3) is 6.32. The van der Waals surface area contributed by atoms with Gasteiger partial charge in [-0.3, -0.25) is 4.99 Å². The zero-order valence-electron chi connectivity index (χ0n) is 14.9. The summed E-state index contributed by atoms with van der Waals surface area (Å²) in [7, 11) is -3.15. The van der Waals surface area contributed by atoms with Gasteiger partial charge in [0.25, 0.3) is 0 Å². The number of aliphatic imine (C=N–C) groups is 1. The van der Waals surface area contributed by atoms with E-state index in [4.69, 9.17) is 0 Å². The minimum absolute atomic E-state index is 0.389. The van der Waals surface area contributed by atoms with Crippen molar-refractivity contribution in [2.24, 2.45) is 4.99 Å². The van der Waals surface area contributed by atoms with Crippen molar-refractivity contribution in [3.05, 3.63) is 59.7 Å². The lowest BCUT2D eigenvalue weighted by atomic mass is 10.1. The Morgan fingerprint density at radius 1 is 1.16 bits per heavy atom. The van der Waals surface area contributed by atoms with Crippen molar-refractivity contribution < 1.29 is 8.42 Å². The van der Waals surface area contributed by atoms with Crippen LogP contribution in [0, 0.1) is 6.92 Å². The van der Waals surface area contributed by atoms with Crippen LogP contribution in [0.1, 0.15) is 18.1 Å². The number of anilines is 1. The number of nitrogens with zero attached hydrogens (tertiary/aromatic N) is 2. The molecule has 5 nitrogen and oxygen atoms in total. The van der Waals surface area contributed by atoms with Crippen LogP contribution in [0.25, 0.3) is 0 Å². The van der Waals surface area contributed by atoms with Crippen molar-refractivity contribution in [3.63, 3.8) is 0 Å². The molecule has 0 spiro atoms. The van der Waals surface area contributed by atoms with Crippen LogP contribution in [-0.4, -0.2) is 40.5 Å². The smallest absolute Gasteiger partial charge is 0.208 e. The number of nitrogens with one attached hydrogen (secondary N) is 1. The number of aryl methyl sites for hydroxylation is 1. The first kappa shape index (κ1) is 19.1. The average Bonchev–Trinajstić information content (AvgIpc) is 2.58. The molecule has 0 aliphatic carbocycles. The number of likely N-dealkylation sites (N-methyl/N-ethyl adjacent to an activating group) is 1. The lowest BCUT2D eigenvalue weighted by molar-refractivity contribution is 0.587. The minimum atomic E-state index is -3.15. The molecule has 0 unspecified atom stereocenters. The number of rotatable bonds is 8. The molecule has 0 radical (unpaired) electrons. The van der Waals surface area contributed by atoms with E-state index in [0.717, 1.165) is 29.0 Å². The molecule has 0 saturated carbocycles. The molecule has 0 fully saturated rings. The summed E-state index contributed by atoms with van der Waals surface area (Å²) in [6, 6.07) is 16.1. The fourth-order valence-electron chi connectivity index (χ4n) is 2.50. The van der Waals surface area contributed by atoms with E-state index >= 15 is 0 Å². The third-order valence-electron chi connectivity index (χ3n) is 3.83. The molecule has 2 rings (SSSR count). The van der Waals surface area contributed by atoms with E-state index in [0.29, 0.717) is 13.1 Å². The summed E-state index contributed by atoms with van der Waals surface area (Å²) in [5.41, 5.74) is 4.14. The lowest BCUT2D eigenvalue weighted by Crippen LogP contribution is -2.34. The van der Waals surface area contributed by atoms with Gasteiger partial charge in [0.2, 0.25) is 10.0 Å². The molecular formula is C19H25N3O2S. The first-order valence-corrected chi connectivity index (χ1v) is 10.2. The first-order chi connectivity index (χ1) is 11.9. The maximum Gasteiger partial charge on any atom is 0.208 e. The molecule has 134 valence electrons. The molecule has 0 aliphatic rings. The molecule has 0 amide bonds. The largest absolute Gasteiger partial charge is 0.370 e. The molecule has 0 atom stereocenters. The van der Waals surface area contributed by atoms with Crippen molar-refractivity contribution in [1.82, 2.24) is 4.72 Å². The quantitative estimate of drug-likeness (QED) is 0.737. The average molecular weight is 359 g/mol. The van der Waals surface area contributed by atoms with Gasteiger partial charge in [0.15, 0.2) is 0 Å². The minimum Gasteiger partial charge on any atom is -0.370 e. The summed E-state index contributed by atoms with van der Waals surface area (Å²) in [6.45, 7) is 5.90. The van der Waals surface area contributed by atoms with Crippen LogP contribution in [0.2, 0.25) is 0 Å². The van der Waals surface area contributed by atoms with E-state index in [1.165, 1.54) is 6.26 Å². The summed E-state index contributed by atoms with van der Waals surface area (Å²) < 4.78 is 24.9. The van der Waals surface area contributed by atoms with Crippen LogP contribution in [-0.2, 0) is 10.0 Å². The van der Waals surface area contributed by atoms with Gasteiger partial charge in [0.05, 0.1) is 11.9 Å². The molecule has 2 aromatic rings. The summed E-state index contributed by atoms with van der Waals surface area (Å²) in [4.78, 5) is 6.70. The standard InChI is InChI=1S/C19H25N3O2S/c1-4-22(13-12-21-25(3,23)24)18-10-11-19(16(2)14-18)20-15-17-8-6-5-7-9-17/h5-11,14-15,21H,4,12-13H2,1-3H3. The van der Waals surface area contributed by atoms with Gasteiger partial charge in [-0.25, -0.2) is 13.1 Å². The second-order valence-corrected chi connectivity index (χ2v) is 7.72. The van der Waals surface area contributed by atoms with E-state index < -0.39 is 10.0 Å². The molecule has 0 saturated heterocycles. The summed E-state index contributed by atoms with van der Waals surface area (Å²) in [5.74, 6) is 0. The van der Waals surface area contributed by atoms with Gasteiger partial charge in [0.1, 0.15) is 0 Å². The fourth-order valence-corrected chi connectivity index (χ4v) is 2.96. The molecule has 2 aromatic carbocycles. The monoisotopic (exact) mass is 359 g/mol. The summed E-state index contributed by atoms with van der Waals surface area (Å²) >= 11 is 0. The molecule has 1 N–H and O–H groups in total. The molecule has 6 heteroatoms. The van der Waals surface area contributed by atoms with Gasteiger partial charge < -0.3 is 4.90 Å². The lowest BCUT2D eigenvalue weighted by Gasteiger charge is -2.23. The number of sulfonamides is 1. The highest BCUT2D eigenvalue weighted by Gasteiger charge is 2.08. The number of benzene rings is 2. The second kappa shape index (κ2) is 8.78. The maximum absolute atomic E-state index is 11.2. The molecule has 0 aromatic heterocycles. The van der Waals surface area contributed by atoms with Gasteiger partial charge in [-0.05, 0) is 43.2 Å². The maximum atomic E-state index is 11.2. The molecule has 0 aliphatic heterocycles. The van der Waals surface area contributed by atoms with Crippen LogP contribution in [0.3, 0.4) is 0 Å². The Hall–Kier alpha value is -2.18. The van der Waals surface area contributed by atoms with Crippen LogP contribution in [0.4, 0.5) is 11.4 Å². The Morgan fingerprint density at radius 3 is 2.48 bits per heavy atom. The van der Waals surface area contributed by atoms with E-state index in [9.17, 15) is 8.42 Å². The SMILES string of the molecule is CCN(CCNS(C)(=O)=O)c1ccc(N=Cc2ccccc2)c(C)c1. The molecule has 0 bridgehead atoms. The fraction of sp³-hybridized carbons (Fsp3) is 0.316. The summed E-state index contributed by atoms with van der Waals surface area (Å²) in [5, 5.41) is 0. The van der Waals surface area contributed by atoms with Crippen LogP contribution >= 0.6 is 0 Å². The first-order valence-electron chi connectivity index (χ1n) is 8.28. The van der Waals surface area contributed by atoms with Crippen LogP contribution in [0.5, 0.6) is 0 Å². The highest BCUT2D eigenvalue weighted by atomic mass is 32.2. The van der Waals surface area contributed by atoms with Crippen molar-refractivity contribution in [3.8, 4) is 0 Å². The summed E-state index contributed by atoms with van der Waals surface area (Å²) in [6.07, 6.45) is 3.03. The second-order valence-electron chi connectivity index (χ2n) is 5.89. The molecule has 25 heavy (non-hydrogen) atoms. The van der Waals surface area contributed by atoms with Crippen molar-refractivity contribution in [2.45, 2.75) is 13.8 Å². The number of hydrogen-bond acceptors (Lipinski definition) is 4. The van der Waals surface area contributed by atoms with Gasteiger partial charge in [-0.15, -0.1) is 0 Å². The van der Waals surface area contributed by atoms with Crippen molar-refractivity contribution >= 4 is 27.6 Å². The highest BCUT2D eigenvalue weighted by molar-refractivity contribution is 7.88. The van der Waals surface area contributed by atoms with Gasteiger partial charge in [-0.1, -0.05) is 30.3 Å². The Bertz CT molecular complexity index is 818. The topological polar surface area (TPSA) is 61.8 Å². The predicted octanol–water partition coefficient (Wildman–Crippen LogP) is 3.12. The number of hydrogen-bond donors (Lipinski definition) is 1. The van der Waals surface area contributed by atoms with Crippen LogP contribution in [0.15, 0.2) is 53.5 Å².